The molecule has 134 valence electrons. The lowest BCUT2D eigenvalue weighted by Gasteiger charge is -2.23. The van der Waals surface area contributed by atoms with Crippen molar-refractivity contribution in [2.24, 2.45) is 5.92 Å². The molecule has 1 aliphatic rings. The summed E-state index contributed by atoms with van der Waals surface area (Å²) in [5.74, 6) is -0.503. The Kier molecular flexibility index (Phi) is 5.73. The summed E-state index contributed by atoms with van der Waals surface area (Å²) in [6.07, 6.45) is -0.630. The highest BCUT2D eigenvalue weighted by atomic mass is 32.2. The molecule has 1 saturated heterocycles. The van der Waals surface area contributed by atoms with Gasteiger partial charge in [-0.25, -0.2) is 9.69 Å². The Morgan fingerprint density at radius 3 is 2.38 bits per heavy atom. The molecule has 1 unspecified atom stereocenters. The van der Waals surface area contributed by atoms with Crippen LogP contribution in [0.2, 0.25) is 0 Å². The Labute approximate surface area is 156 Å². The van der Waals surface area contributed by atoms with E-state index in [0.29, 0.717) is 11.3 Å². The number of amides is 2. The molecule has 3 rings (SSSR count). The van der Waals surface area contributed by atoms with E-state index in [2.05, 4.69) is 0 Å². The Morgan fingerprint density at radius 1 is 1.12 bits per heavy atom. The van der Waals surface area contributed by atoms with Crippen molar-refractivity contribution in [1.82, 2.24) is 4.90 Å². The summed E-state index contributed by atoms with van der Waals surface area (Å²) in [5.41, 5.74) is 1.45. The molecule has 2 aromatic carbocycles. The van der Waals surface area contributed by atoms with Gasteiger partial charge in [-0.15, -0.1) is 0 Å². The Hall–Kier alpha value is -2.60. The minimum atomic E-state index is -0.630. The van der Waals surface area contributed by atoms with Crippen LogP contribution >= 0.6 is 11.8 Å². The fourth-order valence-corrected chi connectivity index (χ4v) is 3.60. The summed E-state index contributed by atoms with van der Waals surface area (Å²) in [6.45, 7) is 1.87. The summed E-state index contributed by atoms with van der Waals surface area (Å²) < 4.78 is 5.09. The third kappa shape index (κ3) is 3.96. The molecular formula is C20H19NO4S. The van der Waals surface area contributed by atoms with E-state index in [1.165, 1.54) is 4.90 Å². The minimum Gasteiger partial charge on any atom is -0.446 e. The molecule has 0 aliphatic carbocycles. The van der Waals surface area contributed by atoms with Gasteiger partial charge in [0.05, 0.1) is 0 Å². The molecule has 0 aromatic heterocycles. The molecule has 0 saturated carbocycles. The number of imide groups is 1. The van der Waals surface area contributed by atoms with E-state index in [4.69, 9.17) is 4.74 Å². The van der Waals surface area contributed by atoms with Gasteiger partial charge in [0.1, 0.15) is 12.6 Å². The molecule has 2 amide bonds. The Morgan fingerprint density at radius 2 is 1.73 bits per heavy atom. The minimum absolute atomic E-state index is 0.0890. The second kappa shape index (κ2) is 8.19. The average molecular weight is 369 g/mol. The number of hydrogen-bond donors (Lipinski definition) is 0. The largest absolute Gasteiger partial charge is 0.446 e. The second-order valence-corrected chi connectivity index (χ2v) is 7.07. The van der Waals surface area contributed by atoms with Crippen molar-refractivity contribution in [3.63, 3.8) is 0 Å². The van der Waals surface area contributed by atoms with Crippen LogP contribution in [0.3, 0.4) is 0 Å². The van der Waals surface area contributed by atoms with Crippen LogP contribution in [0.25, 0.3) is 0 Å². The van der Waals surface area contributed by atoms with Crippen LogP contribution in [0.1, 0.15) is 28.9 Å². The van der Waals surface area contributed by atoms with E-state index >= 15 is 0 Å². The van der Waals surface area contributed by atoms with Crippen LogP contribution in [0.4, 0.5) is 4.79 Å². The lowest BCUT2D eigenvalue weighted by Crippen LogP contribution is -2.38. The maximum absolute atomic E-state index is 12.8. The molecule has 6 heteroatoms. The molecule has 1 heterocycles. The molecule has 0 spiro atoms. The van der Waals surface area contributed by atoms with Crippen LogP contribution < -0.4 is 0 Å². The Bertz CT molecular complexity index is 794. The lowest BCUT2D eigenvalue weighted by atomic mass is 10.1. The van der Waals surface area contributed by atoms with Crippen molar-refractivity contribution in [1.29, 1.82) is 0 Å². The lowest BCUT2D eigenvalue weighted by molar-refractivity contribution is -0.132. The van der Waals surface area contributed by atoms with E-state index in [1.807, 2.05) is 36.4 Å². The van der Waals surface area contributed by atoms with E-state index in [9.17, 15) is 14.4 Å². The molecule has 0 radical (unpaired) electrons. The van der Waals surface area contributed by atoms with Gasteiger partial charge in [0.25, 0.3) is 0 Å². The number of ether oxygens (including phenoxy) is 1. The standard InChI is InChI=1S/C20H19NO4S/c1-14(13-26-19(23)16-10-6-3-7-11-16)18(22)21-17(12-25-20(21)24)15-8-4-2-5-9-15/h2-11,14,17H,12-13H2,1H3/t14?,17-/m0/s1. The number of nitrogens with zero attached hydrogens (tertiary/aromatic N) is 1. The smallest absolute Gasteiger partial charge is 0.417 e. The monoisotopic (exact) mass is 369 g/mol. The van der Waals surface area contributed by atoms with Crippen LogP contribution in [0.15, 0.2) is 60.7 Å². The summed E-state index contributed by atoms with van der Waals surface area (Å²) in [5, 5.41) is -0.0890. The summed E-state index contributed by atoms with van der Waals surface area (Å²) >= 11 is 1.08. The first kappa shape index (κ1) is 18.2. The van der Waals surface area contributed by atoms with Gasteiger partial charge in [-0.2, -0.15) is 0 Å². The first-order valence-electron chi connectivity index (χ1n) is 8.35. The molecular weight excluding hydrogens is 350 g/mol. The fourth-order valence-electron chi connectivity index (χ4n) is 2.75. The third-order valence-electron chi connectivity index (χ3n) is 4.19. The van der Waals surface area contributed by atoms with Crippen molar-refractivity contribution >= 4 is 28.9 Å². The van der Waals surface area contributed by atoms with Crippen LogP contribution in [0.5, 0.6) is 0 Å². The van der Waals surface area contributed by atoms with Crippen LogP contribution in [-0.2, 0) is 9.53 Å². The normalized spacial score (nSPS) is 17.7. The number of thioether (sulfide) groups is 1. The Balaban J connectivity index is 1.65. The predicted octanol–water partition coefficient (Wildman–Crippen LogP) is 3.92. The highest BCUT2D eigenvalue weighted by Gasteiger charge is 2.40. The zero-order valence-corrected chi connectivity index (χ0v) is 15.1. The van der Waals surface area contributed by atoms with Gasteiger partial charge in [-0.3, -0.25) is 9.59 Å². The molecule has 0 bridgehead atoms. The van der Waals surface area contributed by atoms with Crippen molar-refractivity contribution < 1.29 is 19.1 Å². The number of hydrogen-bond acceptors (Lipinski definition) is 5. The highest BCUT2D eigenvalue weighted by Crippen LogP contribution is 2.30. The van der Waals surface area contributed by atoms with Gasteiger partial charge < -0.3 is 4.74 Å². The molecule has 2 aromatic rings. The molecule has 1 fully saturated rings. The molecule has 26 heavy (non-hydrogen) atoms. The molecule has 1 aliphatic heterocycles. The van der Waals surface area contributed by atoms with E-state index in [0.717, 1.165) is 17.3 Å². The van der Waals surface area contributed by atoms with Crippen molar-refractivity contribution in [2.75, 3.05) is 12.4 Å². The van der Waals surface area contributed by atoms with Crippen LogP contribution in [0, 0.1) is 5.92 Å². The van der Waals surface area contributed by atoms with Gasteiger partial charge in [-0.05, 0) is 5.56 Å². The maximum Gasteiger partial charge on any atom is 0.417 e. The summed E-state index contributed by atoms with van der Waals surface area (Å²) in [6, 6.07) is 17.8. The molecule has 0 N–H and O–H groups in total. The van der Waals surface area contributed by atoms with Crippen molar-refractivity contribution in [3.8, 4) is 0 Å². The fraction of sp³-hybridized carbons (Fsp3) is 0.250. The first-order chi connectivity index (χ1) is 12.6. The molecule has 5 nitrogen and oxygen atoms in total. The van der Waals surface area contributed by atoms with Crippen LogP contribution in [-0.4, -0.2) is 34.4 Å². The van der Waals surface area contributed by atoms with Gasteiger partial charge in [-0.1, -0.05) is 79.3 Å². The topological polar surface area (TPSA) is 63.7 Å². The van der Waals surface area contributed by atoms with E-state index < -0.39 is 18.1 Å². The number of cyclic esters (lactones) is 1. The zero-order valence-electron chi connectivity index (χ0n) is 14.3. The third-order valence-corrected chi connectivity index (χ3v) is 5.35. The maximum atomic E-state index is 12.8. The number of benzene rings is 2. The number of carbonyl (C=O) groups excluding carboxylic acids is 3. The van der Waals surface area contributed by atoms with Gasteiger partial charge in [0.2, 0.25) is 11.0 Å². The van der Waals surface area contributed by atoms with Crippen molar-refractivity contribution in [3.05, 3.63) is 71.8 Å². The van der Waals surface area contributed by atoms with E-state index in [1.54, 1.807) is 31.2 Å². The van der Waals surface area contributed by atoms with Gasteiger partial charge in [0, 0.05) is 17.2 Å². The van der Waals surface area contributed by atoms with Gasteiger partial charge in [0.15, 0.2) is 0 Å². The second-order valence-electron chi connectivity index (χ2n) is 6.08. The molecule has 2 atom stereocenters. The first-order valence-corrected chi connectivity index (χ1v) is 9.33. The SMILES string of the molecule is CC(CSC(=O)c1ccccc1)C(=O)N1C(=O)OC[C@H]1c1ccccc1. The quantitative estimate of drug-likeness (QED) is 0.799. The summed E-state index contributed by atoms with van der Waals surface area (Å²) in [7, 11) is 0. The average Bonchev–Trinajstić information content (AvgIpc) is 3.08. The van der Waals surface area contributed by atoms with E-state index in [-0.39, 0.29) is 17.6 Å². The van der Waals surface area contributed by atoms with Gasteiger partial charge >= 0.3 is 6.09 Å². The number of rotatable bonds is 5. The highest BCUT2D eigenvalue weighted by molar-refractivity contribution is 8.14. The van der Waals surface area contributed by atoms with Crippen molar-refractivity contribution in [2.45, 2.75) is 13.0 Å². The zero-order chi connectivity index (χ0) is 18.5. The number of carbonyl (C=O) groups is 3. The predicted molar refractivity (Wildman–Crippen MR) is 99.8 cm³/mol. The summed E-state index contributed by atoms with van der Waals surface area (Å²) in [4.78, 5) is 38.2.